The van der Waals surface area contributed by atoms with E-state index >= 15 is 0 Å². The van der Waals surface area contributed by atoms with Gasteiger partial charge in [0.1, 0.15) is 5.69 Å². The summed E-state index contributed by atoms with van der Waals surface area (Å²) < 4.78 is 0. The third-order valence-electron chi connectivity index (χ3n) is 3.89. The normalized spacial score (nSPS) is 17.8. The number of nitrogens with zero attached hydrogens (tertiary/aromatic N) is 2. The van der Waals surface area contributed by atoms with Crippen LogP contribution < -0.4 is 11.3 Å². The van der Waals surface area contributed by atoms with Crippen molar-refractivity contribution in [3.63, 3.8) is 0 Å². The number of amides is 1. The number of anilines is 1. The molecule has 1 aliphatic heterocycles. The molecule has 0 spiro atoms. The minimum atomic E-state index is -0.0365. The summed E-state index contributed by atoms with van der Waals surface area (Å²) in [5.41, 5.74) is 4.94. The van der Waals surface area contributed by atoms with E-state index < -0.39 is 0 Å². The van der Waals surface area contributed by atoms with E-state index in [4.69, 9.17) is 5.84 Å². The number of nitrogens with two attached hydrogens (primary N) is 1. The van der Waals surface area contributed by atoms with Gasteiger partial charge in [-0.05, 0) is 24.1 Å². The molecule has 108 valence electrons. The van der Waals surface area contributed by atoms with Gasteiger partial charge >= 0.3 is 0 Å². The first kappa shape index (κ1) is 13.6. The molecule has 3 N–H and O–H groups in total. The van der Waals surface area contributed by atoms with Crippen molar-refractivity contribution in [2.75, 3.05) is 18.5 Å². The van der Waals surface area contributed by atoms with Gasteiger partial charge in [0, 0.05) is 25.2 Å². The first-order valence-electron chi connectivity index (χ1n) is 7.05. The lowest BCUT2D eigenvalue weighted by molar-refractivity contribution is 0.0785. The molecule has 2 heterocycles. The zero-order chi connectivity index (χ0) is 14.7. The van der Waals surface area contributed by atoms with Gasteiger partial charge in [-0.25, -0.2) is 0 Å². The van der Waals surface area contributed by atoms with Gasteiger partial charge in [-0.15, -0.1) is 0 Å². The second-order valence-electron chi connectivity index (χ2n) is 5.22. The number of nitrogen functional groups attached to an aromatic ring is 1. The molecule has 0 aliphatic carbocycles. The van der Waals surface area contributed by atoms with Gasteiger partial charge in [0.05, 0.1) is 5.69 Å². The van der Waals surface area contributed by atoms with Crippen LogP contribution in [-0.2, 0) is 0 Å². The minimum Gasteiger partial charge on any atom is -0.337 e. The first-order valence-corrected chi connectivity index (χ1v) is 7.05. The minimum absolute atomic E-state index is 0.0365. The summed E-state index contributed by atoms with van der Waals surface area (Å²) in [5, 5.41) is 0. The third kappa shape index (κ3) is 2.87. The summed E-state index contributed by atoms with van der Waals surface area (Å²) in [6.07, 6.45) is 2.58. The molecule has 1 aromatic carbocycles. The molecule has 2 aromatic rings. The van der Waals surface area contributed by atoms with E-state index in [1.54, 1.807) is 18.3 Å². The van der Waals surface area contributed by atoms with Crippen molar-refractivity contribution in [1.82, 2.24) is 9.88 Å². The standard InChI is InChI=1S/C16H18N4O/c17-19-14-6-8-18-15(10-14)16(21)20-9-7-13(11-20)12-4-2-1-3-5-12/h1-6,8,10,13H,7,9,11,17H2,(H,18,19). The fraction of sp³-hybridized carbons (Fsp3) is 0.250. The number of benzene rings is 1. The van der Waals surface area contributed by atoms with Gasteiger partial charge in [-0.2, -0.15) is 0 Å². The van der Waals surface area contributed by atoms with Crippen molar-refractivity contribution >= 4 is 11.6 Å². The van der Waals surface area contributed by atoms with Gasteiger partial charge in [-0.1, -0.05) is 30.3 Å². The Morgan fingerprint density at radius 2 is 2.10 bits per heavy atom. The number of likely N-dealkylation sites (tertiary alicyclic amines) is 1. The summed E-state index contributed by atoms with van der Waals surface area (Å²) in [6, 6.07) is 13.7. The van der Waals surface area contributed by atoms with Crippen molar-refractivity contribution in [3.05, 3.63) is 59.9 Å². The largest absolute Gasteiger partial charge is 0.337 e. The SMILES string of the molecule is NNc1ccnc(C(=O)N2CCC(c3ccccc3)C2)c1. The number of pyridine rings is 1. The highest BCUT2D eigenvalue weighted by atomic mass is 16.2. The van der Waals surface area contributed by atoms with Crippen molar-refractivity contribution in [1.29, 1.82) is 0 Å². The number of carbonyl (C=O) groups excluding carboxylic acids is 1. The fourth-order valence-corrected chi connectivity index (χ4v) is 2.74. The molecule has 5 nitrogen and oxygen atoms in total. The van der Waals surface area contributed by atoms with Crippen LogP contribution in [0.25, 0.3) is 0 Å². The van der Waals surface area contributed by atoms with Crippen LogP contribution in [0, 0.1) is 0 Å². The Morgan fingerprint density at radius 1 is 1.29 bits per heavy atom. The molecular weight excluding hydrogens is 264 g/mol. The number of hydrazine groups is 1. The van der Waals surface area contributed by atoms with Crippen molar-refractivity contribution < 1.29 is 4.79 Å². The van der Waals surface area contributed by atoms with Crippen LogP contribution in [-0.4, -0.2) is 28.9 Å². The number of hydrogen-bond acceptors (Lipinski definition) is 4. The van der Waals surface area contributed by atoms with Gasteiger partial charge in [0.25, 0.3) is 5.91 Å². The second kappa shape index (κ2) is 5.93. The van der Waals surface area contributed by atoms with Crippen LogP contribution in [0.4, 0.5) is 5.69 Å². The van der Waals surface area contributed by atoms with E-state index in [9.17, 15) is 4.79 Å². The Kier molecular flexibility index (Phi) is 3.83. The predicted octanol–water partition coefficient (Wildman–Crippen LogP) is 2.00. The monoisotopic (exact) mass is 282 g/mol. The number of nitrogens with one attached hydrogen (secondary N) is 1. The van der Waals surface area contributed by atoms with E-state index in [1.807, 2.05) is 23.1 Å². The summed E-state index contributed by atoms with van der Waals surface area (Å²) in [4.78, 5) is 18.5. The maximum atomic E-state index is 12.5. The zero-order valence-electron chi connectivity index (χ0n) is 11.7. The molecule has 1 aromatic heterocycles. The lowest BCUT2D eigenvalue weighted by Crippen LogP contribution is -2.29. The highest BCUT2D eigenvalue weighted by Crippen LogP contribution is 2.27. The van der Waals surface area contributed by atoms with Crippen LogP contribution in [0.1, 0.15) is 28.4 Å². The quantitative estimate of drug-likeness (QED) is 0.667. The molecule has 1 atom stereocenters. The number of rotatable bonds is 3. The second-order valence-corrected chi connectivity index (χ2v) is 5.22. The Hall–Kier alpha value is -2.40. The maximum absolute atomic E-state index is 12.5. The Labute approximate surface area is 123 Å². The molecule has 1 unspecified atom stereocenters. The maximum Gasteiger partial charge on any atom is 0.272 e. The molecule has 1 fully saturated rings. The molecule has 1 amide bonds. The molecule has 5 heteroatoms. The van der Waals surface area contributed by atoms with Crippen LogP contribution >= 0.6 is 0 Å². The van der Waals surface area contributed by atoms with Crippen molar-refractivity contribution in [3.8, 4) is 0 Å². The van der Waals surface area contributed by atoms with Gasteiger partial charge in [-0.3, -0.25) is 15.6 Å². The van der Waals surface area contributed by atoms with Crippen LogP contribution in [0.15, 0.2) is 48.7 Å². The average Bonchev–Trinajstić information content (AvgIpc) is 3.05. The Bertz CT molecular complexity index is 629. The number of hydrogen-bond donors (Lipinski definition) is 2. The lowest BCUT2D eigenvalue weighted by atomic mass is 9.99. The van der Waals surface area contributed by atoms with Crippen molar-refractivity contribution in [2.24, 2.45) is 5.84 Å². The van der Waals surface area contributed by atoms with E-state index in [-0.39, 0.29) is 5.91 Å². The molecule has 1 saturated heterocycles. The third-order valence-corrected chi connectivity index (χ3v) is 3.89. The van der Waals surface area contributed by atoms with E-state index in [0.29, 0.717) is 17.3 Å². The first-order chi connectivity index (χ1) is 10.3. The highest BCUT2D eigenvalue weighted by molar-refractivity contribution is 5.93. The molecule has 3 rings (SSSR count). The zero-order valence-corrected chi connectivity index (χ0v) is 11.7. The molecule has 0 saturated carbocycles. The lowest BCUT2D eigenvalue weighted by Gasteiger charge is -2.16. The summed E-state index contributed by atoms with van der Waals surface area (Å²) in [6.45, 7) is 1.51. The Balaban J connectivity index is 1.72. The van der Waals surface area contributed by atoms with E-state index in [0.717, 1.165) is 19.5 Å². The molecular formula is C16H18N4O. The van der Waals surface area contributed by atoms with E-state index in [2.05, 4.69) is 22.5 Å². The van der Waals surface area contributed by atoms with Gasteiger partial charge in [0.15, 0.2) is 0 Å². The van der Waals surface area contributed by atoms with Crippen LogP contribution in [0.2, 0.25) is 0 Å². The molecule has 21 heavy (non-hydrogen) atoms. The number of aromatic nitrogens is 1. The smallest absolute Gasteiger partial charge is 0.272 e. The summed E-state index contributed by atoms with van der Waals surface area (Å²) >= 11 is 0. The van der Waals surface area contributed by atoms with Crippen LogP contribution in [0.5, 0.6) is 0 Å². The molecule has 1 aliphatic rings. The topological polar surface area (TPSA) is 71.2 Å². The van der Waals surface area contributed by atoms with Gasteiger partial charge < -0.3 is 10.3 Å². The van der Waals surface area contributed by atoms with Gasteiger partial charge in [0.2, 0.25) is 0 Å². The fourth-order valence-electron chi connectivity index (χ4n) is 2.74. The highest BCUT2D eigenvalue weighted by Gasteiger charge is 2.28. The Morgan fingerprint density at radius 3 is 2.86 bits per heavy atom. The predicted molar refractivity (Wildman–Crippen MR) is 81.8 cm³/mol. The number of carbonyl (C=O) groups is 1. The van der Waals surface area contributed by atoms with Crippen molar-refractivity contribution in [2.45, 2.75) is 12.3 Å². The summed E-state index contributed by atoms with van der Waals surface area (Å²) in [5.74, 6) is 5.74. The average molecular weight is 282 g/mol. The van der Waals surface area contributed by atoms with Crippen LogP contribution in [0.3, 0.4) is 0 Å². The molecule has 0 radical (unpaired) electrons. The van der Waals surface area contributed by atoms with E-state index in [1.165, 1.54) is 5.56 Å². The molecule has 0 bridgehead atoms. The summed E-state index contributed by atoms with van der Waals surface area (Å²) in [7, 11) is 0.